The van der Waals surface area contributed by atoms with Crippen LogP contribution < -0.4 is 4.74 Å². The molecule has 1 aromatic carbocycles. The first-order chi connectivity index (χ1) is 9.63. The van der Waals surface area contributed by atoms with Crippen LogP contribution in [0.4, 0.5) is 0 Å². The number of aryl methyl sites for hydroxylation is 1. The second-order valence-electron chi connectivity index (χ2n) is 4.90. The van der Waals surface area contributed by atoms with Crippen LogP contribution in [0.1, 0.15) is 46.4 Å². The van der Waals surface area contributed by atoms with E-state index in [0.717, 1.165) is 18.4 Å². The molecule has 1 N–H and O–H groups in total. The highest BCUT2D eigenvalue weighted by Gasteiger charge is 2.29. The van der Waals surface area contributed by atoms with Crippen LogP contribution in [0, 0.1) is 6.92 Å². The Morgan fingerprint density at radius 3 is 3.00 bits per heavy atom. The lowest BCUT2D eigenvalue weighted by Crippen LogP contribution is -2.02. The van der Waals surface area contributed by atoms with Crippen molar-refractivity contribution >= 4 is 5.97 Å². The van der Waals surface area contributed by atoms with Crippen molar-refractivity contribution in [3.05, 3.63) is 41.0 Å². The van der Waals surface area contributed by atoms with Gasteiger partial charge in [-0.1, -0.05) is 11.2 Å². The van der Waals surface area contributed by atoms with Gasteiger partial charge in [0.15, 0.2) is 6.61 Å². The number of carboxylic acids is 1. The molecule has 0 spiro atoms. The molecule has 0 radical (unpaired) electrons. The van der Waals surface area contributed by atoms with Gasteiger partial charge in [0.25, 0.3) is 0 Å². The lowest BCUT2D eigenvalue weighted by Gasteiger charge is -2.07. The maximum Gasteiger partial charge on any atom is 0.335 e. The van der Waals surface area contributed by atoms with Gasteiger partial charge in [-0.3, -0.25) is 0 Å². The maximum atomic E-state index is 10.9. The van der Waals surface area contributed by atoms with Gasteiger partial charge in [-0.25, -0.2) is 4.79 Å². The third kappa shape index (κ3) is 2.64. The van der Waals surface area contributed by atoms with Gasteiger partial charge in [0, 0.05) is 5.92 Å². The number of benzene rings is 1. The first kappa shape index (κ1) is 12.7. The van der Waals surface area contributed by atoms with Gasteiger partial charge in [-0.15, -0.1) is 0 Å². The normalized spacial score (nSPS) is 14.2. The highest BCUT2D eigenvalue weighted by molar-refractivity contribution is 5.88. The molecular weight excluding hydrogens is 260 g/mol. The average molecular weight is 274 g/mol. The van der Waals surface area contributed by atoms with Crippen LogP contribution in [0.2, 0.25) is 0 Å². The highest BCUT2D eigenvalue weighted by atomic mass is 16.5. The number of aromatic carboxylic acids is 1. The van der Waals surface area contributed by atoms with Crippen molar-refractivity contribution in [3.63, 3.8) is 0 Å². The molecule has 0 bridgehead atoms. The van der Waals surface area contributed by atoms with E-state index in [9.17, 15) is 4.79 Å². The molecule has 1 heterocycles. The molecule has 0 unspecified atom stereocenters. The fourth-order valence-corrected chi connectivity index (χ4v) is 1.85. The molecule has 104 valence electrons. The molecule has 2 aromatic rings. The van der Waals surface area contributed by atoms with Crippen LogP contribution in [0.15, 0.2) is 22.7 Å². The summed E-state index contributed by atoms with van der Waals surface area (Å²) in [4.78, 5) is 15.2. The molecule has 1 fully saturated rings. The van der Waals surface area contributed by atoms with Gasteiger partial charge >= 0.3 is 5.97 Å². The lowest BCUT2D eigenvalue weighted by atomic mass is 10.1. The van der Waals surface area contributed by atoms with Crippen LogP contribution in [-0.4, -0.2) is 21.2 Å². The first-order valence-corrected chi connectivity index (χ1v) is 6.42. The molecule has 1 aliphatic rings. The number of nitrogens with zero attached hydrogens (tertiary/aromatic N) is 2. The van der Waals surface area contributed by atoms with E-state index in [0.29, 0.717) is 23.4 Å². The molecule has 1 aliphatic carbocycles. The Morgan fingerprint density at radius 1 is 1.50 bits per heavy atom. The molecule has 3 rings (SSSR count). The summed E-state index contributed by atoms with van der Waals surface area (Å²) < 4.78 is 10.7. The molecule has 1 aromatic heterocycles. The summed E-state index contributed by atoms with van der Waals surface area (Å²) in [6, 6.07) is 4.76. The second-order valence-corrected chi connectivity index (χ2v) is 4.90. The van der Waals surface area contributed by atoms with E-state index in [-0.39, 0.29) is 12.2 Å². The number of aromatic nitrogens is 2. The van der Waals surface area contributed by atoms with E-state index in [1.165, 1.54) is 6.07 Å². The number of carbonyl (C=O) groups is 1. The van der Waals surface area contributed by atoms with E-state index >= 15 is 0 Å². The third-order valence-corrected chi connectivity index (χ3v) is 3.20. The van der Waals surface area contributed by atoms with Crippen LogP contribution >= 0.6 is 0 Å². The minimum atomic E-state index is -0.981. The van der Waals surface area contributed by atoms with Crippen LogP contribution in [0.3, 0.4) is 0 Å². The van der Waals surface area contributed by atoms with Crippen LogP contribution in [-0.2, 0) is 6.61 Å². The van der Waals surface area contributed by atoms with Crippen molar-refractivity contribution in [2.24, 2.45) is 0 Å². The Kier molecular flexibility index (Phi) is 3.14. The standard InChI is InChI=1S/C14H14N2O4/c1-8-2-3-10(14(17)18)6-11(8)19-7-12-15-13(20-16-12)9-4-5-9/h2-3,6,9H,4-5,7H2,1H3,(H,17,18). The number of ether oxygens (including phenoxy) is 1. The maximum absolute atomic E-state index is 10.9. The van der Waals surface area contributed by atoms with Crippen molar-refractivity contribution in [1.82, 2.24) is 10.1 Å². The number of hydrogen-bond donors (Lipinski definition) is 1. The van der Waals surface area contributed by atoms with E-state index in [1.807, 2.05) is 6.92 Å². The summed E-state index contributed by atoms with van der Waals surface area (Å²) in [6.07, 6.45) is 2.20. The Labute approximate surface area is 115 Å². The smallest absolute Gasteiger partial charge is 0.335 e. The van der Waals surface area contributed by atoms with Gasteiger partial charge in [0.1, 0.15) is 5.75 Å². The van der Waals surface area contributed by atoms with E-state index in [1.54, 1.807) is 12.1 Å². The number of carboxylic acid groups (broad SMARTS) is 1. The van der Waals surface area contributed by atoms with Crippen molar-refractivity contribution in [2.75, 3.05) is 0 Å². The van der Waals surface area contributed by atoms with Gasteiger partial charge in [-0.05, 0) is 37.5 Å². The molecule has 20 heavy (non-hydrogen) atoms. The SMILES string of the molecule is Cc1ccc(C(=O)O)cc1OCc1noc(C2CC2)n1. The zero-order chi connectivity index (χ0) is 14.1. The Morgan fingerprint density at radius 2 is 2.30 bits per heavy atom. The summed E-state index contributed by atoms with van der Waals surface area (Å²) in [5.74, 6) is 1.09. The minimum Gasteiger partial charge on any atom is -0.485 e. The molecule has 0 saturated heterocycles. The summed E-state index contributed by atoms with van der Waals surface area (Å²) >= 11 is 0. The van der Waals surface area contributed by atoms with Crippen LogP contribution in [0.25, 0.3) is 0 Å². The summed E-state index contributed by atoms with van der Waals surface area (Å²) in [6.45, 7) is 2.02. The molecule has 1 saturated carbocycles. The number of hydrogen-bond acceptors (Lipinski definition) is 5. The average Bonchev–Trinajstić information content (AvgIpc) is 3.17. The molecule has 6 heteroatoms. The second kappa shape index (κ2) is 4.96. The third-order valence-electron chi connectivity index (χ3n) is 3.20. The van der Waals surface area contributed by atoms with E-state index in [2.05, 4.69) is 10.1 Å². The monoisotopic (exact) mass is 274 g/mol. The molecule has 0 amide bonds. The predicted octanol–water partition coefficient (Wildman–Crippen LogP) is 2.53. The summed E-state index contributed by atoms with van der Waals surface area (Å²) in [5, 5.41) is 12.8. The topological polar surface area (TPSA) is 85.5 Å². The zero-order valence-electron chi connectivity index (χ0n) is 11.0. The van der Waals surface area contributed by atoms with Crippen molar-refractivity contribution in [1.29, 1.82) is 0 Å². The molecule has 0 aliphatic heterocycles. The van der Waals surface area contributed by atoms with Crippen molar-refractivity contribution in [3.8, 4) is 5.75 Å². The highest BCUT2D eigenvalue weighted by Crippen LogP contribution is 2.38. The van der Waals surface area contributed by atoms with Gasteiger partial charge in [0.05, 0.1) is 5.56 Å². The predicted molar refractivity (Wildman–Crippen MR) is 68.7 cm³/mol. The van der Waals surface area contributed by atoms with Crippen LogP contribution in [0.5, 0.6) is 5.75 Å². The molecule has 0 atom stereocenters. The summed E-state index contributed by atoms with van der Waals surface area (Å²) in [7, 11) is 0. The lowest BCUT2D eigenvalue weighted by molar-refractivity contribution is 0.0696. The van der Waals surface area contributed by atoms with Crippen molar-refractivity contribution in [2.45, 2.75) is 32.3 Å². The van der Waals surface area contributed by atoms with E-state index < -0.39 is 5.97 Å². The van der Waals surface area contributed by atoms with Crippen molar-refractivity contribution < 1.29 is 19.2 Å². The first-order valence-electron chi connectivity index (χ1n) is 6.42. The fourth-order valence-electron chi connectivity index (χ4n) is 1.85. The Balaban J connectivity index is 1.70. The van der Waals surface area contributed by atoms with Gasteiger partial charge in [-0.2, -0.15) is 4.98 Å². The van der Waals surface area contributed by atoms with Gasteiger partial charge in [0.2, 0.25) is 11.7 Å². The van der Waals surface area contributed by atoms with Gasteiger partial charge < -0.3 is 14.4 Å². The Bertz CT molecular complexity index is 646. The van der Waals surface area contributed by atoms with E-state index in [4.69, 9.17) is 14.4 Å². The molecular formula is C14H14N2O4. The quantitative estimate of drug-likeness (QED) is 0.901. The Hall–Kier alpha value is -2.37. The molecule has 6 nitrogen and oxygen atoms in total. The largest absolute Gasteiger partial charge is 0.485 e. The fraction of sp³-hybridized carbons (Fsp3) is 0.357. The minimum absolute atomic E-state index is 0.167. The summed E-state index contributed by atoms with van der Waals surface area (Å²) in [5.41, 5.74) is 1.05. The number of rotatable bonds is 5. The zero-order valence-corrected chi connectivity index (χ0v) is 11.0.